The Hall–Kier alpha value is -2.31. The second-order valence-corrected chi connectivity index (χ2v) is 3.42. The van der Waals surface area contributed by atoms with E-state index in [4.69, 9.17) is 9.84 Å². The van der Waals surface area contributed by atoms with Gasteiger partial charge in [-0.3, -0.25) is 9.69 Å². The van der Waals surface area contributed by atoms with Crippen molar-refractivity contribution in [1.29, 1.82) is 0 Å². The van der Waals surface area contributed by atoms with E-state index in [1.54, 1.807) is 12.1 Å². The standard InChI is InChI=1S/C10H11N3O4/c1-11-8(14)7-5-17-9-6(3-2-4-12-9)13(7)10(15)16/h2-4,7H,5H2,1H3,(H,11,14)(H,15,16). The maximum absolute atomic E-state index is 11.6. The lowest BCUT2D eigenvalue weighted by molar-refractivity contribution is -0.122. The summed E-state index contributed by atoms with van der Waals surface area (Å²) in [5.41, 5.74) is 0.278. The molecule has 1 aromatic heterocycles. The van der Waals surface area contributed by atoms with E-state index in [0.717, 1.165) is 4.90 Å². The number of likely N-dealkylation sites (N-methyl/N-ethyl adjacent to an activating group) is 1. The minimum absolute atomic E-state index is 0.0456. The highest BCUT2D eigenvalue weighted by Crippen LogP contribution is 2.31. The van der Waals surface area contributed by atoms with Crippen LogP contribution < -0.4 is 15.0 Å². The number of rotatable bonds is 1. The van der Waals surface area contributed by atoms with Gasteiger partial charge in [-0.1, -0.05) is 0 Å². The summed E-state index contributed by atoms with van der Waals surface area (Å²) in [4.78, 5) is 27.7. The van der Waals surface area contributed by atoms with Gasteiger partial charge in [0.25, 0.3) is 0 Å². The van der Waals surface area contributed by atoms with Crippen LogP contribution in [0.5, 0.6) is 5.88 Å². The predicted molar refractivity (Wildman–Crippen MR) is 58.1 cm³/mol. The Balaban J connectivity index is 2.43. The first-order valence-corrected chi connectivity index (χ1v) is 4.96. The number of nitrogens with zero attached hydrogens (tertiary/aromatic N) is 2. The number of carboxylic acid groups (broad SMARTS) is 1. The first-order valence-electron chi connectivity index (χ1n) is 4.96. The highest BCUT2D eigenvalue weighted by molar-refractivity contribution is 5.98. The topological polar surface area (TPSA) is 91.8 Å². The van der Waals surface area contributed by atoms with Crippen LogP contribution in [0.3, 0.4) is 0 Å². The van der Waals surface area contributed by atoms with E-state index >= 15 is 0 Å². The molecule has 2 rings (SSSR count). The molecule has 1 atom stereocenters. The normalized spacial score (nSPS) is 17.9. The number of carbonyl (C=O) groups is 2. The maximum Gasteiger partial charge on any atom is 0.412 e. The number of fused-ring (bicyclic) bond motifs is 1. The van der Waals surface area contributed by atoms with Crippen LogP contribution in [0.25, 0.3) is 0 Å². The van der Waals surface area contributed by atoms with E-state index < -0.39 is 18.0 Å². The van der Waals surface area contributed by atoms with Gasteiger partial charge < -0.3 is 15.2 Å². The van der Waals surface area contributed by atoms with Crippen molar-refractivity contribution in [3.8, 4) is 5.88 Å². The quantitative estimate of drug-likeness (QED) is 0.721. The Morgan fingerprint density at radius 1 is 1.65 bits per heavy atom. The molecule has 2 N–H and O–H groups in total. The molecule has 0 saturated carbocycles. The van der Waals surface area contributed by atoms with E-state index in [-0.39, 0.29) is 18.2 Å². The zero-order valence-electron chi connectivity index (χ0n) is 9.08. The van der Waals surface area contributed by atoms with Crippen molar-refractivity contribution in [3.63, 3.8) is 0 Å². The summed E-state index contributed by atoms with van der Waals surface area (Å²) < 4.78 is 5.26. The third kappa shape index (κ3) is 1.86. The van der Waals surface area contributed by atoms with Crippen LogP contribution in [0.2, 0.25) is 0 Å². The Bertz CT molecular complexity index is 463. The second kappa shape index (κ2) is 4.28. The zero-order valence-corrected chi connectivity index (χ0v) is 9.08. The lowest BCUT2D eigenvalue weighted by Crippen LogP contribution is -2.54. The Morgan fingerprint density at radius 3 is 3.06 bits per heavy atom. The van der Waals surface area contributed by atoms with Crippen molar-refractivity contribution >= 4 is 17.7 Å². The average molecular weight is 237 g/mol. The molecule has 0 fully saturated rings. The fourth-order valence-electron chi connectivity index (χ4n) is 1.67. The molecule has 0 spiro atoms. The molecule has 2 amide bonds. The van der Waals surface area contributed by atoms with Crippen LogP contribution in [0, 0.1) is 0 Å². The van der Waals surface area contributed by atoms with Crippen LogP contribution in [-0.4, -0.2) is 41.8 Å². The SMILES string of the molecule is CNC(=O)C1COc2ncccc2N1C(=O)O. The monoisotopic (exact) mass is 237 g/mol. The molecule has 1 aromatic rings. The number of nitrogens with one attached hydrogen (secondary N) is 1. The maximum atomic E-state index is 11.6. The molecule has 7 nitrogen and oxygen atoms in total. The minimum Gasteiger partial charge on any atom is -0.473 e. The van der Waals surface area contributed by atoms with Crippen molar-refractivity contribution in [2.45, 2.75) is 6.04 Å². The van der Waals surface area contributed by atoms with Gasteiger partial charge in [-0.05, 0) is 12.1 Å². The van der Waals surface area contributed by atoms with E-state index in [9.17, 15) is 9.59 Å². The summed E-state index contributed by atoms with van der Waals surface area (Å²) in [6.07, 6.45) is 0.287. The van der Waals surface area contributed by atoms with E-state index in [1.165, 1.54) is 13.2 Å². The molecule has 2 heterocycles. The van der Waals surface area contributed by atoms with Crippen LogP contribution in [0.4, 0.5) is 10.5 Å². The lowest BCUT2D eigenvalue weighted by Gasteiger charge is -2.32. The number of pyridine rings is 1. The van der Waals surface area contributed by atoms with Gasteiger partial charge in [0.2, 0.25) is 11.8 Å². The van der Waals surface area contributed by atoms with Crippen LogP contribution >= 0.6 is 0 Å². The molecule has 0 aromatic carbocycles. The average Bonchev–Trinajstić information content (AvgIpc) is 2.36. The highest BCUT2D eigenvalue weighted by atomic mass is 16.5. The second-order valence-electron chi connectivity index (χ2n) is 3.42. The summed E-state index contributed by atoms with van der Waals surface area (Å²) in [5, 5.41) is 11.6. The smallest absolute Gasteiger partial charge is 0.412 e. The molecule has 90 valence electrons. The number of aromatic nitrogens is 1. The van der Waals surface area contributed by atoms with Crippen molar-refractivity contribution in [1.82, 2.24) is 10.3 Å². The summed E-state index contributed by atoms with van der Waals surface area (Å²) in [5.74, 6) is -0.197. The molecule has 0 aliphatic carbocycles. The molecule has 7 heteroatoms. The number of anilines is 1. The summed E-state index contributed by atoms with van der Waals surface area (Å²) in [6.45, 7) is -0.0456. The van der Waals surface area contributed by atoms with Gasteiger partial charge in [-0.25, -0.2) is 9.78 Å². The molecule has 1 aliphatic heterocycles. The minimum atomic E-state index is -1.21. The van der Waals surface area contributed by atoms with Gasteiger partial charge in [0.1, 0.15) is 12.3 Å². The Labute approximate surface area is 97.0 Å². The molecule has 17 heavy (non-hydrogen) atoms. The van der Waals surface area contributed by atoms with E-state index in [1.807, 2.05) is 0 Å². The fourth-order valence-corrected chi connectivity index (χ4v) is 1.67. The van der Waals surface area contributed by atoms with Gasteiger partial charge in [0.15, 0.2) is 6.04 Å². The molecule has 0 radical (unpaired) electrons. The van der Waals surface area contributed by atoms with Crippen LogP contribution in [0.15, 0.2) is 18.3 Å². The highest BCUT2D eigenvalue weighted by Gasteiger charge is 2.37. The lowest BCUT2D eigenvalue weighted by atomic mass is 10.2. The van der Waals surface area contributed by atoms with Crippen LogP contribution in [0.1, 0.15) is 0 Å². The summed E-state index contributed by atoms with van der Waals surface area (Å²) >= 11 is 0. The van der Waals surface area contributed by atoms with Crippen molar-refractivity contribution in [3.05, 3.63) is 18.3 Å². The first kappa shape index (κ1) is 11.2. The number of amides is 2. The number of hydrogen-bond donors (Lipinski definition) is 2. The number of hydrogen-bond acceptors (Lipinski definition) is 4. The van der Waals surface area contributed by atoms with E-state index in [0.29, 0.717) is 0 Å². The van der Waals surface area contributed by atoms with Gasteiger partial charge in [0.05, 0.1) is 0 Å². The molecular weight excluding hydrogens is 226 g/mol. The van der Waals surface area contributed by atoms with Crippen molar-refractivity contribution in [2.24, 2.45) is 0 Å². The molecule has 0 bridgehead atoms. The molecule has 1 unspecified atom stereocenters. The fraction of sp³-hybridized carbons (Fsp3) is 0.300. The van der Waals surface area contributed by atoms with Gasteiger partial charge >= 0.3 is 6.09 Å². The van der Waals surface area contributed by atoms with Gasteiger partial charge in [0, 0.05) is 13.2 Å². The largest absolute Gasteiger partial charge is 0.473 e. The first-order chi connectivity index (χ1) is 8.15. The zero-order chi connectivity index (χ0) is 12.4. The van der Waals surface area contributed by atoms with Crippen molar-refractivity contribution in [2.75, 3.05) is 18.6 Å². The Morgan fingerprint density at radius 2 is 2.41 bits per heavy atom. The summed E-state index contributed by atoms with van der Waals surface area (Å²) in [6, 6.07) is 2.24. The Kier molecular flexibility index (Phi) is 2.82. The molecule has 1 aliphatic rings. The third-order valence-corrected chi connectivity index (χ3v) is 2.46. The van der Waals surface area contributed by atoms with Gasteiger partial charge in [-0.2, -0.15) is 0 Å². The third-order valence-electron chi connectivity index (χ3n) is 2.46. The number of carbonyl (C=O) groups excluding carboxylic acids is 1. The van der Waals surface area contributed by atoms with Crippen molar-refractivity contribution < 1.29 is 19.4 Å². The molecule has 0 saturated heterocycles. The van der Waals surface area contributed by atoms with Crippen LogP contribution in [-0.2, 0) is 4.79 Å². The number of ether oxygens (including phenoxy) is 1. The van der Waals surface area contributed by atoms with Gasteiger partial charge in [-0.15, -0.1) is 0 Å². The predicted octanol–water partition coefficient (Wildman–Crippen LogP) is 0.0730. The summed E-state index contributed by atoms with van der Waals surface area (Å²) in [7, 11) is 1.45. The van der Waals surface area contributed by atoms with E-state index in [2.05, 4.69) is 10.3 Å². The molecular formula is C10H11N3O4.